The van der Waals surface area contributed by atoms with Gasteiger partial charge in [0.2, 0.25) is 0 Å². The maximum atomic E-state index is 11.8. The number of carbonyl (C=O) groups excluding carboxylic acids is 2. The molecule has 1 aliphatic heterocycles. The second kappa shape index (κ2) is 8.01. The summed E-state index contributed by atoms with van der Waals surface area (Å²) in [6.07, 6.45) is -1.06. The maximum absolute atomic E-state index is 11.8. The second-order valence-corrected chi connectivity index (χ2v) is 6.33. The number of rotatable bonds is 4. The Labute approximate surface area is 155 Å². The molecule has 0 saturated heterocycles. The van der Waals surface area contributed by atoms with E-state index in [1.165, 1.54) is 11.8 Å². The van der Waals surface area contributed by atoms with E-state index >= 15 is 0 Å². The molecule has 0 fully saturated rings. The maximum Gasteiger partial charge on any atom is 0.411 e. The molecule has 0 atom stereocenters. The van der Waals surface area contributed by atoms with E-state index in [0.29, 0.717) is 17.1 Å². The van der Waals surface area contributed by atoms with Crippen molar-refractivity contribution >= 4 is 46.7 Å². The highest BCUT2D eigenvalue weighted by Crippen LogP contribution is 2.50. The van der Waals surface area contributed by atoms with E-state index < -0.39 is 12.2 Å². The van der Waals surface area contributed by atoms with Crippen LogP contribution in [0.4, 0.5) is 32.3 Å². The van der Waals surface area contributed by atoms with Crippen LogP contribution in [-0.4, -0.2) is 25.4 Å². The van der Waals surface area contributed by atoms with E-state index in [0.717, 1.165) is 15.5 Å². The summed E-state index contributed by atoms with van der Waals surface area (Å²) in [7, 11) is 0. The Morgan fingerprint density at radius 3 is 2.27 bits per heavy atom. The Balaban J connectivity index is 1.97. The number of hydrogen-bond donors (Lipinski definition) is 3. The quantitative estimate of drug-likeness (QED) is 0.594. The van der Waals surface area contributed by atoms with Crippen LogP contribution < -0.4 is 16.0 Å². The van der Waals surface area contributed by atoms with Crippen molar-refractivity contribution in [3.8, 4) is 0 Å². The average Bonchev–Trinajstić information content (AvgIpc) is 2.63. The van der Waals surface area contributed by atoms with Crippen LogP contribution in [0, 0.1) is 0 Å². The summed E-state index contributed by atoms with van der Waals surface area (Å²) in [6.45, 7) is 4.05. The minimum atomic E-state index is -0.536. The van der Waals surface area contributed by atoms with E-state index in [1.54, 1.807) is 26.0 Å². The van der Waals surface area contributed by atoms with Crippen LogP contribution in [0.1, 0.15) is 13.8 Å². The first kappa shape index (κ1) is 17.9. The number of ether oxygens (including phenoxy) is 2. The van der Waals surface area contributed by atoms with Gasteiger partial charge in [-0.2, -0.15) is 0 Å². The molecule has 2 aromatic rings. The fourth-order valence-corrected chi connectivity index (χ4v) is 3.56. The SMILES string of the molecule is CCOC(=O)Nc1ccc(NC(=O)OCC)c2c1Nc1ccccc1S2. The molecule has 0 saturated carbocycles. The molecule has 3 N–H and O–H groups in total. The van der Waals surface area contributed by atoms with Gasteiger partial charge in [0.1, 0.15) is 0 Å². The molecule has 1 aliphatic rings. The molecule has 7 nitrogen and oxygen atoms in total. The highest BCUT2D eigenvalue weighted by atomic mass is 32.2. The van der Waals surface area contributed by atoms with Crippen molar-refractivity contribution in [3.63, 3.8) is 0 Å². The Morgan fingerprint density at radius 1 is 0.962 bits per heavy atom. The number of benzene rings is 2. The van der Waals surface area contributed by atoms with Gasteiger partial charge in [-0.25, -0.2) is 9.59 Å². The van der Waals surface area contributed by atoms with Crippen molar-refractivity contribution in [2.45, 2.75) is 23.6 Å². The zero-order valence-electron chi connectivity index (χ0n) is 14.4. The number of fused-ring (bicyclic) bond motifs is 2. The molecular formula is C18H19N3O4S. The Hall–Kier alpha value is -2.87. The molecule has 8 heteroatoms. The van der Waals surface area contributed by atoms with Gasteiger partial charge < -0.3 is 14.8 Å². The lowest BCUT2D eigenvalue weighted by molar-refractivity contribution is 0.167. The van der Waals surface area contributed by atoms with Gasteiger partial charge in [0.05, 0.1) is 40.9 Å². The van der Waals surface area contributed by atoms with E-state index in [9.17, 15) is 9.59 Å². The normalized spacial score (nSPS) is 11.5. The number of carbonyl (C=O) groups is 2. The number of nitrogens with one attached hydrogen (secondary N) is 3. The summed E-state index contributed by atoms with van der Waals surface area (Å²) in [5, 5.41) is 8.79. The first-order chi connectivity index (χ1) is 12.6. The molecule has 1 heterocycles. The first-order valence-corrected chi connectivity index (χ1v) is 9.02. The lowest BCUT2D eigenvalue weighted by Crippen LogP contribution is -2.17. The van der Waals surface area contributed by atoms with Crippen molar-refractivity contribution in [3.05, 3.63) is 36.4 Å². The molecule has 0 bridgehead atoms. The summed E-state index contributed by atoms with van der Waals surface area (Å²) >= 11 is 1.50. The second-order valence-electron chi connectivity index (χ2n) is 5.28. The van der Waals surface area contributed by atoms with Gasteiger partial charge in [-0.15, -0.1) is 0 Å². The smallest absolute Gasteiger partial charge is 0.411 e. The predicted molar refractivity (Wildman–Crippen MR) is 102 cm³/mol. The van der Waals surface area contributed by atoms with Gasteiger partial charge in [0, 0.05) is 4.90 Å². The molecule has 0 aliphatic carbocycles. The molecule has 136 valence electrons. The summed E-state index contributed by atoms with van der Waals surface area (Å²) < 4.78 is 9.92. The van der Waals surface area contributed by atoms with Crippen LogP contribution in [0.2, 0.25) is 0 Å². The first-order valence-electron chi connectivity index (χ1n) is 8.20. The average molecular weight is 373 g/mol. The van der Waals surface area contributed by atoms with Gasteiger partial charge >= 0.3 is 12.2 Å². The van der Waals surface area contributed by atoms with Crippen LogP contribution in [0.25, 0.3) is 0 Å². The Morgan fingerprint density at radius 2 is 1.58 bits per heavy atom. The van der Waals surface area contributed by atoms with Crippen molar-refractivity contribution in [1.82, 2.24) is 0 Å². The fraction of sp³-hybridized carbons (Fsp3) is 0.222. The third-order valence-electron chi connectivity index (χ3n) is 3.54. The highest BCUT2D eigenvalue weighted by Gasteiger charge is 2.23. The standard InChI is InChI=1S/C18H19N3O4S/c1-3-24-17(22)20-12-9-10-13(21-18(23)25-4-2)16-15(12)19-11-7-5-6-8-14(11)26-16/h5-10,19H,3-4H2,1-2H3,(H,20,22)(H,21,23). The van der Waals surface area contributed by atoms with Gasteiger partial charge in [0.25, 0.3) is 0 Å². The fourth-order valence-electron chi connectivity index (χ4n) is 2.47. The molecule has 0 radical (unpaired) electrons. The van der Waals surface area contributed by atoms with Crippen molar-refractivity contribution in [2.75, 3.05) is 29.2 Å². The zero-order valence-corrected chi connectivity index (χ0v) is 15.2. The number of anilines is 4. The molecule has 2 aromatic carbocycles. The van der Waals surface area contributed by atoms with Crippen LogP contribution in [0.5, 0.6) is 0 Å². The van der Waals surface area contributed by atoms with Crippen LogP contribution in [0.3, 0.4) is 0 Å². The summed E-state index contributed by atoms with van der Waals surface area (Å²) in [6, 6.07) is 11.2. The highest BCUT2D eigenvalue weighted by molar-refractivity contribution is 8.00. The molecular weight excluding hydrogens is 354 g/mol. The zero-order chi connectivity index (χ0) is 18.5. The van der Waals surface area contributed by atoms with Crippen LogP contribution >= 0.6 is 11.8 Å². The minimum Gasteiger partial charge on any atom is -0.450 e. The van der Waals surface area contributed by atoms with Gasteiger partial charge in [-0.05, 0) is 38.1 Å². The van der Waals surface area contributed by atoms with E-state index in [1.807, 2.05) is 24.3 Å². The predicted octanol–water partition coefficient (Wildman–Crippen LogP) is 5.03. The van der Waals surface area contributed by atoms with Gasteiger partial charge in [0.15, 0.2) is 0 Å². The largest absolute Gasteiger partial charge is 0.450 e. The minimum absolute atomic E-state index is 0.279. The third kappa shape index (κ3) is 3.85. The van der Waals surface area contributed by atoms with E-state index in [4.69, 9.17) is 9.47 Å². The van der Waals surface area contributed by atoms with Crippen LogP contribution in [-0.2, 0) is 9.47 Å². The molecule has 0 aromatic heterocycles. The lowest BCUT2D eigenvalue weighted by Gasteiger charge is -2.25. The van der Waals surface area contributed by atoms with Crippen molar-refractivity contribution in [1.29, 1.82) is 0 Å². The van der Waals surface area contributed by atoms with E-state index in [-0.39, 0.29) is 13.2 Å². The third-order valence-corrected chi connectivity index (χ3v) is 4.74. The molecule has 0 spiro atoms. The Bertz CT molecular complexity index is 773. The Kier molecular flexibility index (Phi) is 5.52. The van der Waals surface area contributed by atoms with Crippen molar-refractivity contribution in [2.24, 2.45) is 0 Å². The van der Waals surface area contributed by atoms with Gasteiger partial charge in [-0.3, -0.25) is 10.6 Å². The topological polar surface area (TPSA) is 88.7 Å². The number of amides is 2. The monoisotopic (exact) mass is 373 g/mol. The molecule has 2 amide bonds. The summed E-state index contributed by atoms with van der Waals surface area (Å²) in [5.74, 6) is 0. The van der Waals surface area contributed by atoms with Crippen molar-refractivity contribution < 1.29 is 19.1 Å². The molecule has 0 unspecified atom stereocenters. The lowest BCUT2D eigenvalue weighted by atomic mass is 10.2. The van der Waals surface area contributed by atoms with Crippen LogP contribution in [0.15, 0.2) is 46.2 Å². The molecule has 3 rings (SSSR count). The summed E-state index contributed by atoms with van der Waals surface area (Å²) in [5.41, 5.74) is 2.77. The van der Waals surface area contributed by atoms with Gasteiger partial charge in [-0.1, -0.05) is 23.9 Å². The molecule has 26 heavy (non-hydrogen) atoms. The number of para-hydroxylation sites is 1. The van der Waals surface area contributed by atoms with E-state index in [2.05, 4.69) is 16.0 Å². The number of hydrogen-bond acceptors (Lipinski definition) is 6. The summed E-state index contributed by atoms with van der Waals surface area (Å²) in [4.78, 5) is 25.5.